The maximum absolute atomic E-state index is 13.2. The number of halogens is 2. The average molecular weight is 376 g/mol. The SMILES string of the molecule is O=C(Cc1ccc(F)c(Br)c1)Nc1ccc2nc[nH]c(=O)c2c1. The molecule has 2 N–H and O–H groups in total. The maximum atomic E-state index is 13.2. The summed E-state index contributed by atoms with van der Waals surface area (Å²) in [7, 11) is 0. The zero-order valence-electron chi connectivity index (χ0n) is 11.8. The summed E-state index contributed by atoms with van der Waals surface area (Å²) in [6.45, 7) is 0. The molecule has 0 unspecified atom stereocenters. The first-order valence-corrected chi connectivity index (χ1v) is 7.53. The van der Waals surface area contributed by atoms with Gasteiger partial charge >= 0.3 is 0 Å². The molecule has 5 nitrogen and oxygen atoms in total. The third-order valence-electron chi connectivity index (χ3n) is 3.27. The Morgan fingerprint density at radius 1 is 1.26 bits per heavy atom. The van der Waals surface area contributed by atoms with E-state index in [9.17, 15) is 14.0 Å². The summed E-state index contributed by atoms with van der Waals surface area (Å²) in [5.41, 5.74) is 1.46. The van der Waals surface area contributed by atoms with Gasteiger partial charge in [-0.1, -0.05) is 6.07 Å². The average Bonchev–Trinajstić information content (AvgIpc) is 2.52. The first-order chi connectivity index (χ1) is 11.0. The molecule has 0 fully saturated rings. The Balaban J connectivity index is 1.78. The fourth-order valence-corrected chi connectivity index (χ4v) is 2.61. The van der Waals surface area contributed by atoms with Gasteiger partial charge in [0.25, 0.3) is 5.56 Å². The van der Waals surface area contributed by atoms with Gasteiger partial charge in [-0.3, -0.25) is 9.59 Å². The Morgan fingerprint density at radius 3 is 2.87 bits per heavy atom. The van der Waals surface area contributed by atoms with Gasteiger partial charge in [0.15, 0.2) is 0 Å². The number of aromatic amines is 1. The first-order valence-electron chi connectivity index (χ1n) is 6.74. The van der Waals surface area contributed by atoms with Gasteiger partial charge in [0, 0.05) is 5.69 Å². The van der Waals surface area contributed by atoms with Crippen LogP contribution in [0.2, 0.25) is 0 Å². The molecule has 2 aromatic carbocycles. The standard InChI is InChI=1S/C16H11BrFN3O2/c17-12-5-9(1-3-13(12)18)6-15(22)21-10-2-4-14-11(7-10)16(23)20-8-19-14/h1-5,7-8H,6H2,(H,21,22)(H,19,20,23). The second-order valence-corrected chi connectivity index (χ2v) is 5.79. The molecular weight excluding hydrogens is 365 g/mol. The lowest BCUT2D eigenvalue weighted by molar-refractivity contribution is -0.115. The number of amides is 1. The van der Waals surface area contributed by atoms with E-state index >= 15 is 0 Å². The molecule has 1 amide bonds. The number of carbonyl (C=O) groups excluding carboxylic acids is 1. The third kappa shape index (κ3) is 3.45. The van der Waals surface area contributed by atoms with Crippen LogP contribution in [0.3, 0.4) is 0 Å². The molecule has 0 aliphatic heterocycles. The summed E-state index contributed by atoms with van der Waals surface area (Å²) in [5, 5.41) is 3.11. The second kappa shape index (κ2) is 6.29. The van der Waals surface area contributed by atoms with E-state index in [0.29, 0.717) is 26.6 Å². The van der Waals surface area contributed by atoms with Crippen LogP contribution >= 0.6 is 15.9 Å². The molecule has 1 heterocycles. The normalized spacial score (nSPS) is 10.7. The van der Waals surface area contributed by atoms with Crippen LogP contribution in [-0.2, 0) is 11.2 Å². The third-order valence-corrected chi connectivity index (χ3v) is 3.88. The van der Waals surface area contributed by atoms with E-state index in [-0.39, 0.29) is 23.7 Å². The number of aromatic nitrogens is 2. The lowest BCUT2D eigenvalue weighted by atomic mass is 10.1. The van der Waals surface area contributed by atoms with E-state index in [2.05, 4.69) is 31.2 Å². The van der Waals surface area contributed by atoms with E-state index in [1.54, 1.807) is 30.3 Å². The largest absolute Gasteiger partial charge is 0.326 e. The van der Waals surface area contributed by atoms with Crippen molar-refractivity contribution < 1.29 is 9.18 Å². The summed E-state index contributed by atoms with van der Waals surface area (Å²) >= 11 is 3.09. The Hall–Kier alpha value is -2.54. The topological polar surface area (TPSA) is 74.8 Å². The summed E-state index contributed by atoms with van der Waals surface area (Å²) in [6, 6.07) is 9.31. The predicted octanol–water partition coefficient (Wildman–Crippen LogP) is 3.01. The quantitative estimate of drug-likeness (QED) is 0.738. The zero-order valence-corrected chi connectivity index (χ0v) is 13.4. The first kappa shape index (κ1) is 15.4. The summed E-state index contributed by atoms with van der Waals surface area (Å²) in [6.07, 6.45) is 1.43. The number of carbonyl (C=O) groups is 1. The van der Waals surface area contributed by atoms with Crippen molar-refractivity contribution in [3.05, 3.63) is 68.9 Å². The van der Waals surface area contributed by atoms with Gasteiger partial charge in [0.05, 0.1) is 28.1 Å². The lowest BCUT2D eigenvalue weighted by Gasteiger charge is -2.07. The number of fused-ring (bicyclic) bond motifs is 1. The van der Waals surface area contributed by atoms with Crippen LogP contribution in [0, 0.1) is 5.82 Å². The molecule has 7 heteroatoms. The highest BCUT2D eigenvalue weighted by molar-refractivity contribution is 9.10. The van der Waals surface area contributed by atoms with E-state index in [1.807, 2.05) is 0 Å². The summed E-state index contributed by atoms with van der Waals surface area (Å²) < 4.78 is 13.5. The lowest BCUT2D eigenvalue weighted by Crippen LogP contribution is -2.15. The van der Waals surface area contributed by atoms with Crippen LogP contribution in [0.15, 0.2) is 52.0 Å². The second-order valence-electron chi connectivity index (χ2n) is 4.94. The maximum Gasteiger partial charge on any atom is 0.258 e. The van der Waals surface area contributed by atoms with E-state index in [0.717, 1.165) is 0 Å². The number of anilines is 1. The molecule has 23 heavy (non-hydrogen) atoms. The fourth-order valence-electron chi connectivity index (χ4n) is 2.19. The van der Waals surface area contributed by atoms with Crippen LogP contribution in [0.5, 0.6) is 0 Å². The molecule has 0 spiro atoms. The molecule has 3 rings (SSSR count). The van der Waals surface area contributed by atoms with Gasteiger partial charge in [-0.15, -0.1) is 0 Å². The number of hydrogen-bond acceptors (Lipinski definition) is 3. The molecule has 0 atom stereocenters. The van der Waals surface area contributed by atoms with E-state index in [1.165, 1.54) is 12.4 Å². The van der Waals surface area contributed by atoms with Gasteiger partial charge in [0.1, 0.15) is 5.82 Å². The molecule has 1 aromatic heterocycles. The van der Waals surface area contributed by atoms with Crippen molar-refractivity contribution in [2.75, 3.05) is 5.32 Å². The minimum atomic E-state index is -0.379. The van der Waals surface area contributed by atoms with Crippen molar-refractivity contribution in [3.8, 4) is 0 Å². The van der Waals surface area contributed by atoms with Crippen LogP contribution < -0.4 is 10.9 Å². The monoisotopic (exact) mass is 375 g/mol. The van der Waals surface area contributed by atoms with Crippen molar-refractivity contribution in [1.82, 2.24) is 9.97 Å². The number of H-pyrrole nitrogens is 1. The van der Waals surface area contributed by atoms with Crippen molar-refractivity contribution in [1.29, 1.82) is 0 Å². The molecule has 0 radical (unpaired) electrons. The van der Waals surface area contributed by atoms with Crippen LogP contribution in [-0.4, -0.2) is 15.9 Å². The Bertz CT molecular complexity index is 955. The molecule has 0 saturated carbocycles. The minimum absolute atomic E-state index is 0.0975. The molecule has 116 valence electrons. The highest BCUT2D eigenvalue weighted by Crippen LogP contribution is 2.18. The van der Waals surface area contributed by atoms with Crippen LogP contribution in [0.4, 0.5) is 10.1 Å². The molecule has 3 aromatic rings. The van der Waals surface area contributed by atoms with Gasteiger partial charge in [-0.2, -0.15) is 0 Å². The van der Waals surface area contributed by atoms with Gasteiger partial charge < -0.3 is 10.3 Å². The Labute approximate surface area is 138 Å². The minimum Gasteiger partial charge on any atom is -0.326 e. The van der Waals surface area contributed by atoms with Gasteiger partial charge in [-0.05, 0) is 51.8 Å². The molecule has 0 aliphatic rings. The Morgan fingerprint density at radius 2 is 2.09 bits per heavy atom. The van der Waals surface area contributed by atoms with E-state index in [4.69, 9.17) is 0 Å². The highest BCUT2D eigenvalue weighted by atomic mass is 79.9. The molecule has 0 aliphatic carbocycles. The van der Waals surface area contributed by atoms with Crippen molar-refractivity contribution >= 4 is 38.4 Å². The van der Waals surface area contributed by atoms with E-state index < -0.39 is 0 Å². The Kier molecular flexibility index (Phi) is 4.20. The number of hydrogen-bond donors (Lipinski definition) is 2. The summed E-state index contributed by atoms with van der Waals surface area (Å²) in [4.78, 5) is 30.3. The van der Waals surface area contributed by atoms with Crippen molar-refractivity contribution in [2.24, 2.45) is 0 Å². The molecular formula is C16H11BrFN3O2. The number of rotatable bonds is 3. The fraction of sp³-hybridized carbons (Fsp3) is 0.0625. The van der Waals surface area contributed by atoms with Gasteiger partial charge in [-0.25, -0.2) is 9.37 Å². The van der Waals surface area contributed by atoms with Crippen molar-refractivity contribution in [3.63, 3.8) is 0 Å². The number of nitrogens with one attached hydrogen (secondary N) is 2. The zero-order chi connectivity index (χ0) is 16.4. The van der Waals surface area contributed by atoms with Crippen molar-refractivity contribution in [2.45, 2.75) is 6.42 Å². The predicted molar refractivity (Wildman–Crippen MR) is 88.8 cm³/mol. The summed E-state index contributed by atoms with van der Waals surface area (Å²) in [5.74, 6) is -0.640. The number of nitrogens with zero attached hydrogens (tertiary/aromatic N) is 1. The highest BCUT2D eigenvalue weighted by Gasteiger charge is 2.08. The van der Waals surface area contributed by atoms with Crippen LogP contribution in [0.25, 0.3) is 10.9 Å². The smallest absolute Gasteiger partial charge is 0.258 e. The molecule has 0 saturated heterocycles. The molecule has 0 bridgehead atoms. The van der Waals surface area contributed by atoms with Crippen LogP contribution in [0.1, 0.15) is 5.56 Å². The van der Waals surface area contributed by atoms with Gasteiger partial charge in [0.2, 0.25) is 5.91 Å². The number of benzene rings is 2.